The number of aromatic amines is 1. The van der Waals surface area contributed by atoms with Gasteiger partial charge in [-0.25, -0.2) is 0 Å². The average molecular weight is 322 g/mol. The number of carbonyl (C=O) groups is 1. The first-order valence-electron chi connectivity index (χ1n) is 8.17. The molecule has 0 fully saturated rings. The summed E-state index contributed by atoms with van der Waals surface area (Å²) in [5.41, 5.74) is 5.10. The molecule has 0 aliphatic heterocycles. The molecule has 0 spiro atoms. The van der Waals surface area contributed by atoms with Gasteiger partial charge in [0.25, 0.3) is 5.91 Å². The topological polar surface area (TPSA) is 54.1 Å². The molecule has 1 aromatic heterocycles. The van der Waals surface area contributed by atoms with Gasteiger partial charge in [0.1, 0.15) is 5.75 Å². The van der Waals surface area contributed by atoms with E-state index in [1.54, 1.807) is 0 Å². The first-order valence-corrected chi connectivity index (χ1v) is 8.17. The minimum atomic E-state index is -0.0657. The molecule has 124 valence electrons. The quantitative estimate of drug-likeness (QED) is 0.742. The molecule has 0 aliphatic carbocycles. The van der Waals surface area contributed by atoms with Crippen LogP contribution >= 0.6 is 0 Å². The standard InChI is InChI=1S/C20H22N2O2/c1-4-24-17-8-5-15(6-9-17)12-21-20(23)16-7-10-19-18(11-16)13(2)14(3)22-19/h5-11,22H,4,12H2,1-3H3,(H,21,23). The first kappa shape index (κ1) is 16.1. The van der Waals surface area contributed by atoms with E-state index in [4.69, 9.17) is 4.74 Å². The Labute approximate surface area is 141 Å². The summed E-state index contributed by atoms with van der Waals surface area (Å²) in [7, 11) is 0. The van der Waals surface area contributed by atoms with E-state index < -0.39 is 0 Å². The number of aryl methyl sites for hydroxylation is 2. The second-order valence-corrected chi connectivity index (χ2v) is 5.90. The van der Waals surface area contributed by atoms with Crippen LogP contribution in [-0.2, 0) is 6.54 Å². The molecule has 24 heavy (non-hydrogen) atoms. The molecule has 0 atom stereocenters. The molecule has 1 heterocycles. The zero-order chi connectivity index (χ0) is 17.1. The largest absolute Gasteiger partial charge is 0.494 e. The SMILES string of the molecule is CCOc1ccc(CNC(=O)c2ccc3[nH]c(C)c(C)c3c2)cc1. The third kappa shape index (κ3) is 3.27. The molecule has 0 aliphatic rings. The highest BCUT2D eigenvalue weighted by atomic mass is 16.5. The lowest BCUT2D eigenvalue weighted by atomic mass is 10.1. The van der Waals surface area contributed by atoms with Crippen molar-refractivity contribution in [2.45, 2.75) is 27.3 Å². The van der Waals surface area contributed by atoms with Crippen LogP contribution in [0.2, 0.25) is 0 Å². The van der Waals surface area contributed by atoms with Gasteiger partial charge in [0.2, 0.25) is 0 Å². The fourth-order valence-electron chi connectivity index (χ4n) is 2.76. The number of nitrogens with one attached hydrogen (secondary N) is 2. The molecule has 3 aromatic rings. The van der Waals surface area contributed by atoms with Crippen LogP contribution in [0.1, 0.15) is 34.1 Å². The minimum absolute atomic E-state index is 0.0657. The lowest BCUT2D eigenvalue weighted by Crippen LogP contribution is -2.22. The van der Waals surface area contributed by atoms with Gasteiger partial charge in [-0.15, -0.1) is 0 Å². The van der Waals surface area contributed by atoms with Gasteiger partial charge in [-0.05, 0) is 62.2 Å². The van der Waals surface area contributed by atoms with Crippen LogP contribution < -0.4 is 10.1 Å². The Kier molecular flexibility index (Phi) is 4.56. The van der Waals surface area contributed by atoms with Crippen LogP contribution in [0, 0.1) is 13.8 Å². The van der Waals surface area contributed by atoms with Crippen LogP contribution in [0.15, 0.2) is 42.5 Å². The normalized spacial score (nSPS) is 10.8. The van der Waals surface area contributed by atoms with E-state index in [-0.39, 0.29) is 5.91 Å². The highest BCUT2D eigenvalue weighted by molar-refractivity contribution is 5.99. The van der Waals surface area contributed by atoms with E-state index in [0.29, 0.717) is 18.7 Å². The fraction of sp³-hybridized carbons (Fsp3) is 0.250. The van der Waals surface area contributed by atoms with Crippen LogP contribution in [0.5, 0.6) is 5.75 Å². The summed E-state index contributed by atoms with van der Waals surface area (Å²) in [5.74, 6) is 0.778. The molecular weight excluding hydrogens is 300 g/mol. The predicted molar refractivity (Wildman–Crippen MR) is 96.6 cm³/mol. The molecule has 4 nitrogen and oxygen atoms in total. The lowest BCUT2D eigenvalue weighted by Gasteiger charge is -2.07. The molecule has 0 saturated carbocycles. The Morgan fingerprint density at radius 3 is 2.58 bits per heavy atom. The monoisotopic (exact) mass is 322 g/mol. The highest BCUT2D eigenvalue weighted by Crippen LogP contribution is 2.22. The number of aromatic nitrogens is 1. The Morgan fingerprint density at radius 1 is 1.12 bits per heavy atom. The summed E-state index contributed by atoms with van der Waals surface area (Å²) in [5, 5.41) is 4.07. The van der Waals surface area contributed by atoms with Crippen molar-refractivity contribution in [1.82, 2.24) is 10.3 Å². The van der Waals surface area contributed by atoms with Crippen molar-refractivity contribution in [3.05, 3.63) is 64.8 Å². The van der Waals surface area contributed by atoms with E-state index in [9.17, 15) is 4.79 Å². The number of rotatable bonds is 5. The maximum absolute atomic E-state index is 12.4. The molecule has 0 bridgehead atoms. The van der Waals surface area contributed by atoms with Gasteiger partial charge in [0.15, 0.2) is 0 Å². The summed E-state index contributed by atoms with van der Waals surface area (Å²) >= 11 is 0. The van der Waals surface area contributed by atoms with Crippen molar-refractivity contribution >= 4 is 16.8 Å². The zero-order valence-corrected chi connectivity index (χ0v) is 14.3. The lowest BCUT2D eigenvalue weighted by molar-refractivity contribution is 0.0951. The smallest absolute Gasteiger partial charge is 0.251 e. The Morgan fingerprint density at radius 2 is 1.88 bits per heavy atom. The van der Waals surface area contributed by atoms with Crippen molar-refractivity contribution in [3.8, 4) is 5.75 Å². The fourth-order valence-corrected chi connectivity index (χ4v) is 2.76. The average Bonchev–Trinajstić information content (AvgIpc) is 2.88. The highest BCUT2D eigenvalue weighted by Gasteiger charge is 2.10. The first-order chi connectivity index (χ1) is 11.6. The van der Waals surface area contributed by atoms with Gasteiger partial charge in [0, 0.05) is 28.7 Å². The van der Waals surface area contributed by atoms with Gasteiger partial charge in [-0.2, -0.15) is 0 Å². The molecule has 4 heteroatoms. The summed E-state index contributed by atoms with van der Waals surface area (Å²) in [6, 6.07) is 13.5. The molecule has 3 rings (SSSR count). The molecular formula is C20H22N2O2. The maximum Gasteiger partial charge on any atom is 0.251 e. The number of hydrogen-bond acceptors (Lipinski definition) is 2. The van der Waals surface area contributed by atoms with Crippen molar-refractivity contribution < 1.29 is 9.53 Å². The summed E-state index contributed by atoms with van der Waals surface area (Å²) in [6.45, 7) is 7.21. The predicted octanol–water partition coefficient (Wildman–Crippen LogP) is 4.11. The number of H-pyrrole nitrogens is 1. The third-order valence-electron chi connectivity index (χ3n) is 4.26. The number of hydrogen-bond donors (Lipinski definition) is 2. The van der Waals surface area contributed by atoms with Gasteiger partial charge < -0.3 is 15.0 Å². The number of benzene rings is 2. The second kappa shape index (κ2) is 6.79. The number of ether oxygens (including phenoxy) is 1. The van der Waals surface area contributed by atoms with E-state index in [1.807, 2.05) is 56.3 Å². The van der Waals surface area contributed by atoms with Gasteiger partial charge >= 0.3 is 0 Å². The van der Waals surface area contributed by atoms with E-state index >= 15 is 0 Å². The minimum Gasteiger partial charge on any atom is -0.494 e. The van der Waals surface area contributed by atoms with Crippen molar-refractivity contribution in [3.63, 3.8) is 0 Å². The Balaban J connectivity index is 1.69. The van der Waals surface area contributed by atoms with Crippen molar-refractivity contribution in [2.24, 2.45) is 0 Å². The molecule has 1 amide bonds. The summed E-state index contributed by atoms with van der Waals surface area (Å²) in [6.07, 6.45) is 0. The second-order valence-electron chi connectivity index (χ2n) is 5.90. The summed E-state index contributed by atoms with van der Waals surface area (Å²) in [4.78, 5) is 15.7. The molecule has 2 N–H and O–H groups in total. The maximum atomic E-state index is 12.4. The van der Waals surface area contributed by atoms with Gasteiger partial charge in [-0.3, -0.25) is 4.79 Å². The van der Waals surface area contributed by atoms with Gasteiger partial charge in [0.05, 0.1) is 6.61 Å². The number of fused-ring (bicyclic) bond motifs is 1. The van der Waals surface area contributed by atoms with E-state index in [1.165, 1.54) is 5.56 Å². The van der Waals surface area contributed by atoms with Crippen LogP contribution in [0.3, 0.4) is 0 Å². The van der Waals surface area contributed by atoms with Crippen molar-refractivity contribution in [1.29, 1.82) is 0 Å². The van der Waals surface area contributed by atoms with Crippen LogP contribution in [-0.4, -0.2) is 17.5 Å². The van der Waals surface area contributed by atoms with E-state index in [0.717, 1.165) is 27.9 Å². The Bertz CT molecular complexity index is 863. The van der Waals surface area contributed by atoms with Crippen molar-refractivity contribution in [2.75, 3.05) is 6.61 Å². The molecule has 0 saturated heterocycles. The summed E-state index contributed by atoms with van der Waals surface area (Å²) < 4.78 is 5.42. The van der Waals surface area contributed by atoms with E-state index in [2.05, 4.69) is 17.2 Å². The zero-order valence-electron chi connectivity index (χ0n) is 14.3. The van der Waals surface area contributed by atoms with Gasteiger partial charge in [-0.1, -0.05) is 12.1 Å². The molecule has 2 aromatic carbocycles. The number of amides is 1. The molecule has 0 unspecified atom stereocenters. The molecule has 0 radical (unpaired) electrons. The third-order valence-corrected chi connectivity index (χ3v) is 4.26. The van der Waals surface area contributed by atoms with Crippen LogP contribution in [0.25, 0.3) is 10.9 Å². The Hall–Kier alpha value is -2.75. The number of carbonyl (C=O) groups excluding carboxylic acids is 1. The van der Waals surface area contributed by atoms with Crippen LogP contribution in [0.4, 0.5) is 0 Å².